The van der Waals surface area contributed by atoms with Crippen LogP contribution in [0, 0.1) is 12.3 Å². The van der Waals surface area contributed by atoms with Crippen LogP contribution in [-0.4, -0.2) is 24.1 Å². The average Bonchev–Trinajstić information content (AvgIpc) is 2.60. The van der Waals surface area contributed by atoms with Crippen LogP contribution in [-0.2, 0) is 0 Å². The summed E-state index contributed by atoms with van der Waals surface area (Å²) in [6.45, 7) is 9.44. The minimum absolute atomic E-state index is 0.0651. The van der Waals surface area contributed by atoms with E-state index in [-0.39, 0.29) is 17.4 Å². The maximum atomic E-state index is 13.0. The molecule has 1 N–H and O–H groups in total. The lowest BCUT2D eigenvalue weighted by Gasteiger charge is -2.27. The van der Waals surface area contributed by atoms with Crippen molar-refractivity contribution in [3.63, 3.8) is 0 Å². The lowest BCUT2D eigenvalue weighted by atomic mass is 9.85. The minimum Gasteiger partial charge on any atom is -0.486 e. The molecule has 1 unspecified atom stereocenters. The van der Waals surface area contributed by atoms with Crippen LogP contribution < -0.4 is 14.8 Å². The molecular weight excluding hydrogens is 328 g/mol. The van der Waals surface area contributed by atoms with Crippen LogP contribution in [0.25, 0.3) is 0 Å². The summed E-state index contributed by atoms with van der Waals surface area (Å²) in [5, 5.41) is 3.18. The van der Waals surface area contributed by atoms with Crippen molar-refractivity contribution in [2.24, 2.45) is 5.41 Å². The molecule has 0 radical (unpaired) electrons. The quantitative estimate of drug-likeness (QED) is 0.899. The Labute approximate surface area is 154 Å². The molecule has 138 valence electrons. The smallest absolute Gasteiger partial charge is 0.252 e. The maximum Gasteiger partial charge on any atom is 0.252 e. The molecule has 2 aromatic rings. The van der Waals surface area contributed by atoms with E-state index in [1.807, 2.05) is 31.3 Å². The van der Waals surface area contributed by atoms with Crippen molar-refractivity contribution < 1.29 is 14.3 Å². The van der Waals surface area contributed by atoms with Gasteiger partial charge in [-0.25, -0.2) is 0 Å². The summed E-state index contributed by atoms with van der Waals surface area (Å²) in [6, 6.07) is 7.43. The largest absolute Gasteiger partial charge is 0.486 e. The van der Waals surface area contributed by atoms with Gasteiger partial charge in [0, 0.05) is 18.0 Å². The first-order valence-electron chi connectivity index (χ1n) is 8.94. The molecule has 1 amide bonds. The second-order valence-corrected chi connectivity index (χ2v) is 7.89. The van der Waals surface area contributed by atoms with Crippen LogP contribution >= 0.6 is 0 Å². The topological polar surface area (TPSA) is 60.5 Å². The van der Waals surface area contributed by atoms with Gasteiger partial charge in [0.15, 0.2) is 11.5 Å². The summed E-state index contributed by atoms with van der Waals surface area (Å²) in [7, 11) is 0. The number of benzene rings is 1. The summed E-state index contributed by atoms with van der Waals surface area (Å²) >= 11 is 0. The van der Waals surface area contributed by atoms with E-state index in [9.17, 15) is 4.79 Å². The average molecular weight is 354 g/mol. The van der Waals surface area contributed by atoms with E-state index >= 15 is 0 Å². The van der Waals surface area contributed by atoms with Crippen molar-refractivity contribution in [2.45, 2.75) is 40.2 Å². The molecule has 0 spiro atoms. The highest BCUT2D eigenvalue weighted by atomic mass is 16.6. The van der Waals surface area contributed by atoms with E-state index < -0.39 is 0 Å². The Balaban J connectivity index is 1.86. The molecule has 0 saturated carbocycles. The predicted molar refractivity (Wildman–Crippen MR) is 101 cm³/mol. The molecule has 0 fully saturated rings. The zero-order valence-corrected chi connectivity index (χ0v) is 15.8. The number of hydrogen-bond acceptors (Lipinski definition) is 4. The van der Waals surface area contributed by atoms with Crippen molar-refractivity contribution in [1.29, 1.82) is 0 Å². The molecule has 5 heteroatoms. The fraction of sp³-hybridized carbons (Fsp3) is 0.429. The molecule has 0 aliphatic carbocycles. The van der Waals surface area contributed by atoms with E-state index in [0.717, 1.165) is 17.5 Å². The lowest BCUT2D eigenvalue weighted by molar-refractivity contribution is 0.0924. The number of ether oxygens (including phenoxy) is 2. The summed E-state index contributed by atoms with van der Waals surface area (Å²) < 4.78 is 11.2. The second kappa shape index (κ2) is 7.36. The van der Waals surface area contributed by atoms with Gasteiger partial charge in [0.25, 0.3) is 5.91 Å². The molecular formula is C21H26N2O3. The van der Waals surface area contributed by atoms with Crippen molar-refractivity contribution in [3.05, 3.63) is 53.3 Å². The van der Waals surface area contributed by atoms with Crippen LogP contribution in [0.2, 0.25) is 0 Å². The number of rotatable bonds is 4. The Kier molecular flexibility index (Phi) is 5.16. The van der Waals surface area contributed by atoms with Crippen LogP contribution in [0.5, 0.6) is 11.5 Å². The Morgan fingerprint density at radius 3 is 2.54 bits per heavy atom. The van der Waals surface area contributed by atoms with Gasteiger partial charge in [-0.3, -0.25) is 9.78 Å². The van der Waals surface area contributed by atoms with E-state index in [1.165, 1.54) is 0 Å². The highest BCUT2D eigenvalue weighted by Gasteiger charge is 2.24. The summed E-state index contributed by atoms with van der Waals surface area (Å²) in [5.41, 5.74) is 2.55. The van der Waals surface area contributed by atoms with Gasteiger partial charge < -0.3 is 14.8 Å². The zero-order valence-electron chi connectivity index (χ0n) is 15.8. The molecule has 1 atom stereocenters. The summed E-state index contributed by atoms with van der Waals surface area (Å²) in [6.07, 6.45) is 4.37. The van der Waals surface area contributed by atoms with Crippen molar-refractivity contribution in [3.8, 4) is 11.5 Å². The summed E-state index contributed by atoms with van der Waals surface area (Å²) in [5.74, 6) is 1.21. The van der Waals surface area contributed by atoms with E-state index in [2.05, 4.69) is 31.1 Å². The number of aryl methyl sites for hydroxylation is 1. The molecule has 1 aromatic heterocycles. The molecule has 2 heterocycles. The van der Waals surface area contributed by atoms with Crippen LogP contribution in [0.1, 0.15) is 54.7 Å². The van der Waals surface area contributed by atoms with E-state index in [4.69, 9.17) is 9.47 Å². The number of nitrogens with one attached hydrogen (secondary N) is 1. The fourth-order valence-electron chi connectivity index (χ4n) is 3.12. The standard InChI is InChI=1S/C21H26N2O3/c1-14-10-18-19(26-9-8-25-18)11-16(14)20(24)23-17(12-21(2,3)4)15-6-5-7-22-13-15/h5-7,10-11,13,17H,8-9,12H2,1-4H3,(H,23,24). The van der Waals surface area contributed by atoms with Gasteiger partial charge >= 0.3 is 0 Å². The number of aromatic nitrogens is 1. The molecule has 26 heavy (non-hydrogen) atoms. The monoisotopic (exact) mass is 354 g/mol. The highest BCUT2D eigenvalue weighted by molar-refractivity contribution is 5.96. The van der Waals surface area contributed by atoms with Crippen molar-refractivity contribution in [2.75, 3.05) is 13.2 Å². The number of carbonyl (C=O) groups excluding carboxylic acids is 1. The number of pyridine rings is 1. The van der Waals surface area contributed by atoms with E-state index in [1.54, 1.807) is 12.3 Å². The summed E-state index contributed by atoms with van der Waals surface area (Å²) in [4.78, 5) is 17.2. The molecule has 0 saturated heterocycles. The van der Waals surface area contributed by atoms with Crippen molar-refractivity contribution in [1.82, 2.24) is 10.3 Å². The predicted octanol–water partition coefficient (Wildman–Crippen LogP) is 4.07. The number of amides is 1. The van der Waals surface area contributed by atoms with Crippen LogP contribution in [0.15, 0.2) is 36.7 Å². The first-order valence-corrected chi connectivity index (χ1v) is 8.94. The van der Waals surface area contributed by atoms with Gasteiger partial charge in [0.2, 0.25) is 0 Å². The van der Waals surface area contributed by atoms with Gasteiger partial charge in [-0.2, -0.15) is 0 Å². The highest BCUT2D eigenvalue weighted by Crippen LogP contribution is 2.34. The first kappa shape index (κ1) is 18.2. The third-order valence-electron chi connectivity index (χ3n) is 4.34. The molecule has 1 aliphatic heterocycles. The molecule has 0 bridgehead atoms. The lowest BCUT2D eigenvalue weighted by Crippen LogP contribution is -2.32. The fourth-order valence-corrected chi connectivity index (χ4v) is 3.12. The maximum absolute atomic E-state index is 13.0. The normalized spacial score (nSPS) is 14.6. The number of hydrogen-bond donors (Lipinski definition) is 1. The first-order chi connectivity index (χ1) is 12.3. The van der Waals surface area contributed by atoms with Crippen molar-refractivity contribution >= 4 is 5.91 Å². The Hall–Kier alpha value is -2.56. The van der Waals surface area contributed by atoms with Crippen LogP contribution in [0.4, 0.5) is 0 Å². The number of carbonyl (C=O) groups is 1. The second-order valence-electron chi connectivity index (χ2n) is 7.89. The van der Waals surface area contributed by atoms with E-state index in [0.29, 0.717) is 30.3 Å². The van der Waals surface area contributed by atoms with Gasteiger partial charge in [-0.05, 0) is 48.1 Å². The minimum atomic E-state index is -0.113. The Morgan fingerprint density at radius 2 is 1.92 bits per heavy atom. The van der Waals surface area contributed by atoms with Gasteiger partial charge in [0.05, 0.1) is 6.04 Å². The Morgan fingerprint density at radius 1 is 1.23 bits per heavy atom. The molecule has 3 rings (SSSR count). The van der Waals surface area contributed by atoms with Gasteiger partial charge in [0.1, 0.15) is 13.2 Å². The molecule has 1 aromatic carbocycles. The number of fused-ring (bicyclic) bond motifs is 1. The van der Waals surface area contributed by atoms with Gasteiger partial charge in [-0.15, -0.1) is 0 Å². The zero-order chi connectivity index (χ0) is 18.7. The van der Waals surface area contributed by atoms with Crippen LogP contribution in [0.3, 0.4) is 0 Å². The third-order valence-corrected chi connectivity index (χ3v) is 4.34. The Bertz CT molecular complexity index is 782. The molecule has 5 nitrogen and oxygen atoms in total. The van der Waals surface area contributed by atoms with Gasteiger partial charge in [-0.1, -0.05) is 26.8 Å². The molecule has 1 aliphatic rings. The third kappa shape index (κ3) is 4.34. The SMILES string of the molecule is Cc1cc2c(cc1C(=O)NC(CC(C)(C)C)c1cccnc1)OCCO2. The number of nitrogens with zero attached hydrogens (tertiary/aromatic N) is 1.